The Morgan fingerprint density at radius 2 is 2.04 bits per heavy atom. The van der Waals surface area contributed by atoms with Gasteiger partial charge in [0.15, 0.2) is 5.78 Å². The molecule has 1 aromatic carbocycles. The van der Waals surface area contributed by atoms with Crippen molar-refractivity contribution in [2.75, 3.05) is 19.7 Å². The topological polar surface area (TPSA) is 62.4 Å². The first kappa shape index (κ1) is 16.1. The highest BCUT2D eigenvalue weighted by Gasteiger charge is 2.31. The van der Waals surface area contributed by atoms with E-state index >= 15 is 0 Å². The molecule has 1 saturated heterocycles. The molecule has 25 heavy (non-hydrogen) atoms. The zero-order valence-electron chi connectivity index (χ0n) is 14.4. The largest absolute Gasteiger partial charge is 0.370 e. The zero-order chi connectivity index (χ0) is 17.4. The van der Waals surface area contributed by atoms with Gasteiger partial charge < -0.3 is 14.6 Å². The van der Waals surface area contributed by atoms with E-state index in [1.165, 1.54) is 0 Å². The molecule has 2 aliphatic rings. The van der Waals surface area contributed by atoms with Crippen molar-refractivity contribution in [1.82, 2.24) is 9.88 Å². The highest BCUT2D eigenvalue weighted by molar-refractivity contribution is 6.04. The number of amides is 1. The van der Waals surface area contributed by atoms with Crippen LogP contribution in [-0.4, -0.2) is 41.3 Å². The highest BCUT2D eigenvalue weighted by Crippen LogP contribution is 2.28. The van der Waals surface area contributed by atoms with Crippen molar-refractivity contribution in [2.45, 2.75) is 32.3 Å². The van der Waals surface area contributed by atoms with Gasteiger partial charge in [-0.3, -0.25) is 9.59 Å². The predicted octanol–water partition coefficient (Wildman–Crippen LogP) is 3.06. The van der Waals surface area contributed by atoms with E-state index in [0.29, 0.717) is 31.8 Å². The third kappa shape index (κ3) is 2.89. The van der Waals surface area contributed by atoms with Crippen LogP contribution in [-0.2, 0) is 11.2 Å². The third-order valence-electron chi connectivity index (χ3n) is 5.18. The second kappa shape index (κ2) is 6.48. The number of aromatic nitrogens is 1. The van der Waals surface area contributed by atoms with E-state index in [1.807, 2.05) is 42.2 Å². The fourth-order valence-corrected chi connectivity index (χ4v) is 3.85. The number of hydrogen-bond acceptors (Lipinski definition) is 3. The molecular weight excluding hydrogens is 316 g/mol. The number of H-pyrrole nitrogens is 1. The van der Waals surface area contributed by atoms with Crippen LogP contribution in [0.4, 0.5) is 0 Å². The van der Waals surface area contributed by atoms with Gasteiger partial charge >= 0.3 is 0 Å². The molecule has 0 radical (unpaired) electrons. The maximum absolute atomic E-state index is 13.0. The summed E-state index contributed by atoms with van der Waals surface area (Å²) >= 11 is 0. The minimum Gasteiger partial charge on any atom is -0.370 e. The number of morpholine rings is 1. The minimum atomic E-state index is -0.106. The fraction of sp³-hybridized carbons (Fsp3) is 0.400. The Bertz CT molecular complexity index is 810. The number of nitrogens with one attached hydrogen (secondary N) is 1. The summed E-state index contributed by atoms with van der Waals surface area (Å²) in [5.41, 5.74) is 4.10. The summed E-state index contributed by atoms with van der Waals surface area (Å²) in [6.45, 7) is 3.49. The molecule has 1 aromatic heterocycles. The summed E-state index contributed by atoms with van der Waals surface area (Å²) in [7, 11) is 0. The lowest BCUT2D eigenvalue weighted by atomic mass is 9.93. The Labute approximate surface area is 147 Å². The summed E-state index contributed by atoms with van der Waals surface area (Å²) in [6, 6.07) is 9.98. The van der Waals surface area contributed by atoms with Gasteiger partial charge in [-0.15, -0.1) is 0 Å². The average molecular weight is 338 g/mol. The number of carbonyl (C=O) groups is 2. The number of aromatic amines is 1. The molecule has 1 N–H and O–H groups in total. The first-order valence-electron chi connectivity index (χ1n) is 8.85. The number of ketones is 1. The van der Waals surface area contributed by atoms with E-state index < -0.39 is 0 Å². The van der Waals surface area contributed by atoms with E-state index in [0.717, 1.165) is 35.2 Å². The lowest BCUT2D eigenvalue weighted by Gasteiger charge is -2.33. The van der Waals surface area contributed by atoms with E-state index in [1.54, 1.807) is 0 Å². The molecule has 1 amide bonds. The van der Waals surface area contributed by atoms with Crippen molar-refractivity contribution in [1.29, 1.82) is 0 Å². The summed E-state index contributed by atoms with van der Waals surface area (Å²) < 4.78 is 5.85. The molecule has 1 aliphatic carbocycles. The maximum Gasteiger partial charge on any atom is 0.270 e. The SMILES string of the molecule is Cc1c(C(=O)N2CCOC(c3ccccc3)C2)[nH]c2c1C(=O)CCC2. The number of Topliss-reactive ketones (excluding diaryl/α,β-unsaturated/α-hetero) is 1. The lowest BCUT2D eigenvalue weighted by Crippen LogP contribution is -2.42. The molecule has 2 heterocycles. The summed E-state index contributed by atoms with van der Waals surface area (Å²) in [5, 5.41) is 0. The normalized spacial score (nSPS) is 20.4. The predicted molar refractivity (Wildman–Crippen MR) is 93.8 cm³/mol. The van der Waals surface area contributed by atoms with Crippen LogP contribution in [0.15, 0.2) is 30.3 Å². The molecule has 1 aliphatic heterocycles. The average Bonchev–Trinajstić information content (AvgIpc) is 3.00. The van der Waals surface area contributed by atoms with Gasteiger partial charge in [0.05, 0.1) is 13.2 Å². The van der Waals surface area contributed by atoms with E-state index in [4.69, 9.17) is 4.74 Å². The fourth-order valence-electron chi connectivity index (χ4n) is 3.85. The van der Waals surface area contributed by atoms with Crippen molar-refractivity contribution in [3.05, 3.63) is 58.4 Å². The second-order valence-corrected chi connectivity index (χ2v) is 6.78. The quantitative estimate of drug-likeness (QED) is 0.915. The number of nitrogens with zero attached hydrogens (tertiary/aromatic N) is 1. The van der Waals surface area contributed by atoms with E-state index in [9.17, 15) is 9.59 Å². The van der Waals surface area contributed by atoms with Gasteiger partial charge in [-0.1, -0.05) is 30.3 Å². The van der Waals surface area contributed by atoms with Gasteiger partial charge in [0.1, 0.15) is 11.8 Å². The minimum absolute atomic E-state index is 0.0380. The molecule has 0 saturated carbocycles. The van der Waals surface area contributed by atoms with Gasteiger partial charge in [0.25, 0.3) is 5.91 Å². The van der Waals surface area contributed by atoms with Crippen LogP contribution < -0.4 is 0 Å². The number of hydrogen-bond donors (Lipinski definition) is 1. The third-order valence-corrected chi connectivity index (χ3v) is 5.18. The first-order valence-corrected chi connectivity index (χ1v) is 8.85. The molecule has 0 bridgehead atoms. The molecule has 4 rings (SSSR count). The lowest BCUT2D eigenvalue weighted by molar-refractivity contribution is -0.0230. The molecular formula is C20H22N2O3. The van der Waals surface area contributed by atoms with Crippen molar-refractivity contribution >= 4 is 11.7 Å². The number of ether oxygens (including phenoxy) is 1. The van der Waals surface area contributed by atoms with Crippen molar-refractivity contribution < 1.29 is 14.3 Å². The van der Waals surface area contributed by atoms with Crippen LogP contribution in [0.1, 0.15) is 56.6 Å². The van der Waals surface area contributed by atoms with Crippen molar-refractivity contribution in [3.8, 4) is 0 Å². The van der Waals surface area contributed by atoms with Crippen molar-refractivity contribution in [3.63, 3.8) is 0 Å². The molecule has 2 aromatic rings. The van der Waals surface area contributed by atoms with Crippen molar-refractivity contribution in [2.24, 2.45) is 0 Å². The monoisotopic (exact) mass is 338 g/mol. The van der Waals surface area contributed by atoms with Gasteiger partial charge in [-0.2, -0.15) is 0 Å². The Kier molecular flexibility index (Phi) is 4.17. The smallest absolute Gasteiger partial charge is 0.270 e. The van der Waals surface area contributed by atoms with Crippen LogP contribution in [0.2, 0.25) is 0 Å². The van der Waals surface area contributed by atoms with Crippen LogP contribution in [0.25, 0.3) is 0 Å². The van der Waals surface area contributed by atoms with Crippen LogP contribution >= 0.6 is 0 Å². The summed E-state index contributed by atoms with van der Waals surface area (Å²) in [4.78, 5) is 30.3. The van der Waals surface area contributed by atoms with Gasteiger partial charge in [-0.25, -0.2) is 0 Å². The van der Waals surface area contributed by atoms with Crippen LogP contribution in [0.5, 0.6) is 0 Å². The Balaban J connectivity index is 1.58. The molecule has 5 nitrogen and oxygen atoms in total. The van der Waals surface area contributed by atoms with E-state index in [2.05, 4.69) is 4.98 Å². The van der Waals surface area contributed by atoms with Gasteiger partial charge in [0, 0.05) is 24.2 Å². The Hall–Kier alpha value is -2.40. The summed E-state index contributed by atoms with van der Waals surface area (Å²) in [6.07, 6.45) is 2.16. The Morgan fingerprint density at radius 3 is 2.80 bits per heavy atom. The number of fused-ring (bicyclic) bond motifs is 1. The summed E-state index contributed by atoms with van der Waals surface area (Å²) in [5.74, 6) is 0.113. The van der Waals surface area contributed by atoms with Gasteiger partial charge in [-0.05, 0) is 30.9 Å². The second-order valence-electron chi connectivity index (χ2n) is 6.78. The highest BCUT2D eigenvalue weighted by atomic mass is 16.5. The van der Waals surface area contributed by atoms with E-state index in [-0.39, 0.29) is 17.8 Å². The number of carbonyl (C=O) groups excluding carboxylic acids is 2. The number of rotatable bonds is 2. The van der Waals surface area contributed by atoms with Gasteiger partial charge in [0.2, 0.25) is 0 Å². The molecule has 1 unspecified atom stereocenters. The van der Waals surface area contributed by atoms with Crippen LogP contribution in [0.3, 0.4) is 0 Å². The standard InChI is InChI=1S/C20H22N2O3/c1-13-18-15(8-5-9-16(18)23)21-19(13)20(24)22-10-11-25-17(12-22)14-6-3-2-4-7-14/h2-4,6-7,17,21H,5,8-12H2,1H3. The first-order chi connectivity index (χ1) is 12.1. The molecule has 1 atom stereocenters. The maximum atomic E-state index is 13.0. The zero-order valence-corrected chi connectivity index (χ0v) is 14.4. The number of benzene rings is 1. The molecule has 5 heteroatoms. The number of aryl methyl sites for hydroxylation is 1. The van der Waals surface area contributed by atoms with Crippen LogP contribution in [0, 0.1) is 6.92 Å². The Morgan fingerprint density at radius 1 is 1.24 bits per heavy atom. The molecule has 130 valence electrons. The molecule has 1 fully saturated rings. The molecule has 0 spiro atoms.